The normalized spacial score (nSPS) is 14.6. The van der Waals surface area contributed by atoms with Crippen molar-refractivity contribution in [3.05, 3.63) is 47.0 Å². The Hall–Kier alpha value is -1.24. The van der Waals surface area contributed by atoms with Gasteiger partial charge >= 0.3 is 0 Å². The monoisotopic (exact) mass is 290 g/mol. The molecule has 120 valence electrons. The second-order valence-corrected chi connectivity index (χ2v) is 5.67. The summed E-state index contributed by atoms with van der Waals surface area (Å²) < 4.78 is 5.94. The molecule has 0 amide bonds. The molecule has 0 bridgehead atoms. The predicted molar refractivity (Wildman–Crippen MR) is 95.2 cm³/mol. The fraction of sp³-hybridized carbons (Fsp3) is 0.600. The van der Waals surface area contributed by atoms with Gasteiger partial charge in [0.2, 0.25) is 0 Å². The minimum atomic E-state index is 0.988. The molecule has 0 radical (unpaired) electrons. The number of unbranched alkanes of at least 4 members (excludes halogenated alkanes) is 4. The van der Waals surface area contributed by atoms with Gasteiger partial charge in [-0.25, -0.2) is 0 Å². The van der Waals surface area contributed by atoms with Gasteiger partial charge in [0.25, 0.3) is 0 Å². The highest BCUT2D eigenvalue weighted by Gasteiger charge is 1.99. The maximum Gasteiger partial charge on any atom is 0.103 e. The van der Waals surface area contributed by atoms with E-state index in [4.69, 9.17) is 4.74 Å². The topological polar surface area (TPSA) is 9.23 Å². The van der Waals surface area contributed by atoms with Gasteiger partial charge in [0.05, 0.1) is 0 Å². The van der Waals surface area contributed by atoms with Crippen LogP contribution in [0.15, 0.2) is 47.0 Å². The highest BCUT2D eigenvalue weighted by Crippen LogP contribution is 2.16. The summed E-state index contributed by atoms with van der Waals surface area (Å²) in [4.78, 5) is 0. The van der Waals surface area contributed by atoms with Gasteiger partial charge < -0.3 is 4.74 Å². The highest BCUT2D eigenvalue weighted by atomic mass is 16.5. The summed E-state index contributed by atoms with van der Waals surface area (Å²) in [5.74, 6) is 1.98. The fourth-order valence-corrected chi connectivity index (χ4v) is 1.79. The average Bonchev–Trinajstić information content (AvgIpc) is 2.47. The van der Waals surface area contributed by atoms with Crippen molar-refractivity contribution in [2.75, 3.05) is 0 Å². The van der Waals surface area contributed by atoms with Crippen molar-refractivity contribution in [3.8, 4) is 0 Å². The molecule has 0 rings (SSSR count). The van der Waals surface area contributed by atoms with Crippen molar-refractivity contribution in [3.63, 3.8) is 0 Å². The molecule has 0 N–H and O–H groups in total. The van der Waals surface area contributed by atoms with Crippen LogP contribution in [0.3, 0.4) is 0 Å². The van der Waals surface area contributed by atoms with Crippen LogP contribution in [0, 0.1) is 0 Å². The zero-order valence-electron chi connectivity index (χ0n) is 15.0. The second kappa shape index (κ2) is 12.5. The Balaban J connectivity index is 4.54. The quantitative estimate of drug-likeness (QED) is 0.237. The molecule has 0 spiro atoms. The number of ether oxygens (including phenoxy) is 1. The van der Waals surface area contributed by atoms with E-state index in [-0.39, 0.29) is 0 Å². The van der Waals surface area contributed by atoms with Crippen molar-refractivity contribution in [2.45, 2.75) is 80.1 Å². The molecule has 0 atom stereocenters. The van der Waals surface area contributed by atoms with Gasteiger partial charge in [-0.2, -0.15) is 0 Å². The van der Waals surface area contributed by atoms with Crippen LogP contribution in [0.25, 0.3) is 0 Å². The lowest BCUT2D eigenvalue weighted by molar-refractivity contribution is 0.302. The van der Waals surface area contributed by atoms with Crippen LogP contribution < -0.4 is 0 Å². The summed E-state index contributed by atoms with van der Waals surface area (Å²) in [7, 11) is 0. The lowest BCUT2D eigenvalue weighted by Crippen LogP contribution is -1.91. The molecular formula is C20H34O. The molecule has 0 aromatic rings. The van der Waals surface area contributed by atoms with E-state index >= 15 is 0 Å². The van der Waals surface area contributed by atoms with Crippen LogP contribution in [0.2, 0.25) is 0 Å². The van der Waals surface area contributed by atoms with E-state index in [1.165, 1.54) is 36.8 Å². The van der Waals surface area contributed by atoms with Crippen LogP contribution in [0.5, 0.6) is 0 Å². The molecule has 0 fully saturated rings. The molecular weight excluding hydrogens is 256 g/mol. The molecule has 0 saturated heterocycles. The molecule has 0 unspecified atom stereocenters. The molecule has 1 heteroatoms. The summed E-state index contributed by atoms with van der Waals surface area (Å²) in [5, 5.41) is 0. The summed E-state index contributed by atoms with van der Waals surface area (Å²) in [6.07, 6.45) is 16.1. The summed E-state index contributed by atoms with van der Waals surface area (Å²) in [6, 6.07) is 0. The average molecular weight is 290 g/mol. The van der Waals surface area contributed by atoms with E-state index in [2.05, 4.69) is 52.0 Å². The molecule has 0 saturated carbocycles. The van der Waals surface area contributed by atoms with Crippen LogP contribution >= 0.6 is 0 Å². The van der Waals surface area contributed by atoms with Gasteiger partial charge in [-0.05, 0) is 51.7 Å². The zero-order valence-corrected chi connectivity index (χ0v) is 15.0. The first-order valence-electron chi connectivity index (χ1n) is 8.38. The van der Waals surface area contributed by atoms with Crippen molar-refractivity contribution in [1.29, 1.82) is 0 Å². The smallest absolute Gasteiger partial charge is 0.103 e. The molecule has 0 aliphatic carbocycles. The first-order valence-corrected chi connectivity index (χ1v) is 8.38. The number of rotatable bonds is 10. The Kier molecular flexibility index (Phi) is 11.8. The minimum Gasteiger partial charge on any atom is -0.466 e. The summed E-state index contributed by atoms with van der Waals surface area (Å²) >= 11 is 0. The van der Waals surface area contributed by atoms with E-state index < -0.39 is 0 Å². The number of hydrogen-bond donors (Lipinski definition) is 0. The third-order valence-corrected chi connectivity index (χ3v) is 3.60. The largest absolute Gasteiger partial charge is 0.466 e. The number of hydrogen-bond acceptors (Lipinski definition) is 1. The summed E-state index contributed by atoms with van der Waals surface area (Å²) in [5.41, 5.74) is 2.40. The van der Waals surface area contributed by atoms with Crippen LogP contribution in [-0.4, -0.2) is 0 Å². The van der Waals surface area contributed by atoms with Gasteiger partial charge in [-0.3, -0.25) is 0 Å². The fourth-order valence-electron chi connectivity index (χ4n) is 1.79. The molecule has 21 heavy (non-hydrogen) atoms. The Morgan fingerprint density at radius 3 is 1.43 bits per heavy atom. The van der Waals surface area contributed by atoms with Crippen LogP contribution in [0.4, 0.5) is 0 Å². The van der Waals surface area contributed by atoms with Gasteiger partial charge in [0, 0.05) is 0 Å². The van der Waals surface area contributed by atoms with Crippen LogP contribution in [0.1, 0.15) is 80.1 Å². The Morgan fingerprint density at radius 1 is 0.714 bits per heavy atom. The third-order valence-electron chi connectivity index (χ3n) is 3.60. The van der Waals surface area contributed by atoms with Gasteiger partial charge in [-0.1, -0.05) is 63.8 Å². The Labute approximate surface area is 132 Å². The molecule has 1 nitrogen and oxygen atoms in total. The Morgan fingerprint density at radius 2 is 1.10 bits per heavy atom. The molecule has 0 aliphatic heterocycles. The standard InChI is InChI=1S/C20H34O/c1-7-9-11-13-15-17(3)19(5)21-20(6)18(4)16-14-12-10-8-2/h13-16H,7-12H2,1-6H3. The molecule has 0 aromatic heterocycles. The Bertz CT molecular complexity index is 356. The maximum absolute atomic E-state index is 5.94. The summed E-state index contributed by atoms with van der Waals surface area (Å²) in [6.45, 7) is 12.7. The van der Waals surface area contributed by atoms with Gasteiger partial charge in [0.1, 0.15) is 11.5 Å². The molecule has 0 aromatic carbocycles. The van der Waals surface area contributed by atoms with Gasteiger partial charge in [0.15, 0.2) is 0 Å². The first kappa shape index (κ1) is 19.8. The van der Waals surface area contributed by atoms with Crippen molar-refractivity contribution >= 4 is 0 Å². The van der Waals surface area contributed by atoms with E-state index in [0.29, 0.717) is 0 Å². The predicted octanol–water partition coefficient (Wildman–Crippen LogP) is 7.08. The number of allylic oxidation sites excluding steroid dienone is 8. The van der Waals surface area contributed by atoms with E-state index in [9.17, 15) is 0 Å². The van der Waals surface area contributed by atoms with Crippen molar-refractivity contribution in [1.82, 2.24) is 0 Å². The van der Waals surface area contributed by atoms with E-state index in [1.807, 2.05) is 13.8 Å². The van der Waals surface area contributed by atoms with Crippen LogP contribution in [-0.2, 0) is 4.74 Å². The lowest BCUT2D eigenvalue weighted by Gasteiger charge is -2.10. The van der Waals surface area contributed by atoms with E-state index in [1.54, 1.807) is 0 Å². The van der Waals surface area contributed by atoms with Gasteiger partial charge in [-0.15, -0.1) is 0 Å². The van der Waals surface area contributed by atoms with Crippen molar-refractivity contribution < 1.29 is 4.74 Å². The lowest BCUT2D eigenvalue weighted by atomic mass is 10.2. The molecule has 0 heterocycles. The van der Waals surface area contributed by atoms with E-state index in [0.717, 1.165) is 24.4 Å². The highest BCUT2D eigenvalue weighted by molar-refractivity contribution is 5.23. The SMILES string of the molecule is CCCCC=CC(C)=C(C)OC(C)=C(C)C=CCCCC. The maximum atomic E-state index is 5.94. The zero-order chi connectivity index (χ0) is 16.1. The molecule has 0 aliphatic rings. The first-order chi connectivity index (χ1) is 10.0. The minimum absolute atomic E-state index is 0.988. The third kappa shape index (κ3) is 10.2. The second-order valence-electron chi connectivity index (χ2n) is 5.67. The van der Waals surface area contributed by atoms with Crippen molar-refractivity contribution in [2.24, 2.45) is 0 Å².